The van der Waals surface area contributed by atoms with Crippen molar-refractivity contribution in [3.05, 3.63) is 47.4 Å². The van der Waals surface area contributed by atoms with Gasteiger partial charge in [-0.2, -0.15) is 13.2 Å². The lowest BCUT2D eigenvalue weighted by Gasteiger charge is -2.08. The van der Waals surface area contributed by atoms with Gasteiger partial charge in [0.1, 0.15) is 6.54 Å². The van der Waals surface area contributed by atoms with Gasteiger partial charge in [-0.3, -0.25) is 4.79 Å². The quantitative estimate of drug-likeness (QED) is 0.886. The number of alkyl halides is 3. The van der Waals surface area contributed by atoms with Crippen molar-refractivity contribution in [2.45, 2.75) is 6.18 Å². The van der Waals surface area contributed by atoms with Crippen LogP contribution in [0.15, 0.2) is 36.5 Å². The van der Waals surface area contributed by atoms with Crippen LogP contribution >= 0.6 is 11.6 Å². The Morgan fingerprint density at radius 1 is 1.19 bits per heavy atom. The van der Waals surface area contributed by atoms with Gasteiger partial charge in [-0.15, -0.1) is 0 Å². The summed E-state index contributed by atoms with van der Waals surface area (Å²) in [7, 11) is 0. The van der Waals surface area contributed by atoms with Gasteiger partial charge < -0.3 is 5.32 Å². The van der Waals surface area contributed by atoms with E-state index < -0.39 is 18.6 Å². The largest absolute Gasteiger partial charge is 0.405 e. The summed E-state index contributed by atoms with van der Waals surface area (Å²) < 4.78 is 36.0. The minimum Gasteiger partial charge on any atom is -0.343 e. The molecule has 1 heterocycles. The van der Waals surface area contributed by atoms with E-state index in [1.807, 2.05) is 0 Å². The van der Waals surface area contributed by atoms with E-state index in [4.69, 9.17) is 11.6 Å². The van der Waals surface area contributed by atoms with Gasteiger partial charge in [0.05, 0.1) is 5.69 Å². The van der Waals surface area contributed by atoms with E-state index in [9.17, 15) is 18.0 Å². The minimum atomic E-state index is -4.44. The Morgan fingerprint density at radius 2 is 1.86 bits per heavy atom. The average Bonchev–Trinajstić information content (AvgIpc) is 2.44. The van der Waals surface area contributed by atoms with Crippen molar-refractivity contribution < 1.29 is 18.0 Å². The molecule has 8 heteroatoms. The van der Waals surface area contributed by atoms with E-state index in [0.29, 0.717) is 11.3 Å². The second-order valence-corrected chi connectivity index (χ2v) is 4.42. The Hall–Kier alpha value is -2.15. The monoisotopic (exact) mass is 315 g/mol. The van der Waals surface area contributed by atoms with Crippen molar-refractivity contribution in [1.82, 2.24) is 15.3 Å². The number of nitrogens with zero attached hydrogens (tertiary/aromatic N) is 2. The topological polar surface area (TPSA) is 54.9 Å². The van der Waals surface area contributed by atoms with Crippen LogP contribution in [0.5, 0.6) is 0 Å². The maximum atomic E-state index is 12.0. The molecule has 0 aliphatic heterocycles. The number of aromatic nitrogens is 2. The molecule has 2 rings (SSSR count). The summed E-state index contributed by atoms with van der Waals surface area (Å²) in [5.41, 5.74) is 1.35. The highest BCUT2D eigenvalue weighted by molar-refractivity contribution is 6.28. The van der Waals surface area contributed by atoms with Crippen LogP contribution in [0.2, 0.25) is 5.28 Å². The third kappa shape index (κ3) is 4.42. The first kappa shape index (κ1) is 15.2. The van der Waals surface area contributed by atoms with Gasteiger partial charge in [-0.1, -0.05) is 12.1 Å². The molecule has 0 radical (unpaired) electrons. The van der Waals surface area contributed by atoms with Crippen LogP contribution in [0, 0.1) is 0 Å². The zero-order valence-corrected chi connectivity index (χ0v) is 11.2. The molecule has 110 valence electrons. The fraction of sp³-hybridized carbons (Fsp3) is 0.154. The van der Waals surface area contributed by atoms with E-state index in [-0.39, 0.29) is 10.8 Å². The van der Waals surface area contributed by atoms with E-state index in [0.717, 1.165) is 0 Å². The molecule has 1 aromatic heterocycles. The summed E-state index contributed by atoms with van der Waals surface area (Å²) in [6.07, 6.45) is -2.96. The lowest BCUT2D eigenvalue weighted by Crippen LogP contribution is -2.33. The SMILES string of the molecule is O=C(NCC(F)(F)F)c1ccc(-c2ccnc(Cl)n2)cc1. The number of amides is 1. The Morgan fingerprint density at radius 3 is 2.43 bits per heavy atom. The van der Waals surface area contributed by atoms with E-state index >= 15 is 0 Å². The summed E-state index contributed by atoms with van der Waals surface area (Å²) >= 11 is 5.67. The fourth-order valence-corrected chi connectivity index (χ4v) is 1.72. The maximum absolute atomic E-state index is 12.0. The highest BCUT2D eigenvalue weighted by Crippen LogP contribution is 2.18. The fourth-order valence-electron chi connectivity index (χ4n) is 1.57. The van der Waals surface area contributed by atoms with Crippen LogP contribution in [0.1, 0.15) is 10.4 Å². The molecule has 0 fully saturated rings. The molecule has 2 aromatic rings. The summed E-state index contributed by atoms with van der Waals surface area (Å²) in [6.45, 7) is -1.37. The van der Waals surface area contributed by atoms with E-state index in [1.165, 1.54) is 18.3 Å². The number of carbonyl (C=O) groups excluding carboxylic acids is 1. The number of benzene rings is 1. The zero-order chi connectivity index (χ0) is 15.5. The number of nitrogens with one attached hydrogen (secondary N) is 1. The Bertz CT molecular complexity index is 644. The number of hydrogen-bond acceptors (Lipinski definition) is 3. The number of hydrogen-bond donors (Lipinski definition) is 1. The van der Waals surface area contributed by atoms with Gasteiger partial charge in [0.25, 0.3) is 5.91 Å². The van der Waals surface area contributed by atoms with Crippen molar-refractivity contribution in [2.75, 3.05) is 6.54 Å². The molecule has 0 aliphatic carbocycles. The van der Waals surface area contributed by atoms with Crippen molar-refractivity contribution >= 4 is 17.5 Å². The highest BCUT2D eigenvalue weighted by atomic mass is 35.5. The number of carbonyl (C=O) groups is 1. The summed E-state index contributed by atoms with van der Waals surface area (Å²) in [5, 5.41) is 1.88. The summed E-state index contributed by atoms with van der Waals surface area (Å²) in [5.74, 6) is -0.792. The molecule has 1 amide bonds. The summed E-state index contributed by atoms with van der Waals surface area (Å²) in [6, 6.07) is 7.60. The average molecular weight is 316 g/mol. The van der Waals surface area contributed by atoms with E-state index in [2.05, 4.69) is 9.97 Å². The normalized spacial score (nSPS) is 11.2. The van der Waals surface area contributed by atoms with Crippen LogP contribution < -0.4 is 5.32 Å². The van der Waals surface area contributed by atoms with Gasteiger partial charge in [0.15, 0.2) is 0 Å². The summed E-state index contributed by atoms with van der Waals surface area (Å²) in [4.78, 5) is 19.3. The Balaban J connectivity index is 2.10. The highest BCUT2D eigenvalue weighted by Gasteiger charge is 2.27. The number of rotatable bonds is 3. The molecular weight excluding hydrogens is 307 g/mol. The predicted octanol–water partition coefficient (Wildman–Crippen LogP) is 3.09. The van der Waals surface area contributed by atoms with Crippen molar-refractivity contribution in [3.63, 3.8) is 0 Å². The molecule has 21 heavy (non-hydrogen) atoms. The third-order valence-corrected chi connectivity index (χ3v) is 2.70. The molecule has 0 aliphatic rings. The van der Waals surface area contributed by atoms with Crippen LogP contribution in [0.4, 0.5) is 13.2 Å². The molecule has 1 N–H and O–H groups in total. The molecule has 0 saturated carbocycles. The lowest BCUT2D eigenvalue weighted by molar-refractivity contribution is -0.123. The van der Waals surface area contributed by atoms with Crippen LogP contribution in [0.3, 0.4) is 0 Å². The first-order valence-electron chi connectivity index (χ1n) is 5.79. The van der Waals surface area contributed by atoms with Crippen LogP contribution in [-0.4, -0.2) is 28.6 Å². The molecule has 4 nitrogen and oxygen atoms in total. The molecule has 0 spiro atoms. The minimum absolute atomic E-state index is 0.0829. The maximum Gasteiger partial charge on any atom is 0.405 e. The molecular formula is C13H9ClF3N3O. The molecule has 1 aromatic carbocycles. The smallest absolute Gasteiger partial charge is 0.343 e. The van der Waals surface area contributed by atoms with Gasteiger partial charge in [0.2, 0.25) is 5.28 Å². The van der Waals surface area contributed by atoms with Gasteiger partial charge in [-0.25, -0.2) is 9.97 Å². The van der Waals surface area contributed by atoms with Crippen molar-refractivity contribution in [1.29, 1.82) is 0 Å². The first-order chi connectivity index (χ1) is 9.85. The molecule has 0 saturated heterocycles. The lowest BCUT2D eigenvalue weighted by atomic mass is 10.1. The predicted molar refractivity (Wildman–Crippen MR) is 70.9 cm³/mol. The van der Waals surface area contributed by atoms with Crippen molar-refractivity contribution in [2.24, 2.45) is 0 Å². The number of halogens is 4. The standard InChI is InChI=1S/C13H9ClF3N3O/c14-12-18-6-5-10(20-12)8-1-3-9(4-2-8)11(21)19-7-13(15,16)17/h1-6H,7H2,(H,19,21). The first-order valence-corrected chi connectivity index (χ1v) is 6.17. The van der Waals surface area contributed by atoms with Crippen LogP contribution in [-0.2, 0) is 0 Å². The van der Waals surface area contributed by atoms with Crippen molar-refractivity contribution in [3.8, 4) is 11.3 Å². The van der Waals surface area contributed by atoms with Gasteiger partial charge >= 0.3 is 6.18 Å². The molecule has 0 atom stereocenters. The third-order valence-electron chi connectivity index (χ3n) is 2.52. The second kappa shape index (κ2) is 6.09. The Labute approximate surface area is 123 Å². The molecule has 0 bridgehead atoms. The van der Waals surface area contributed by atoms with Crippen LogP contribution in [0.25, 0.3) is 11.3 Å². The van der Waals surface area contributed by atoms with Gasteiger partial charge in [-0.05, 0) is 29.8 Å². The zero-order valence-electron chi connectivity index (χ0n) is 10.5. The second-order valence-electron chi connectivity index (χ2n) is 4.09. The van der Waals surface area contributed by atoms with Gasteiger partial charge in [0, 0.05) is 17.3 Å². The molecule has 0 unspecified atom stereocenters. The Kier molecular flexibility index (Phi) is 4.42. The van der Waals surface area contributed by atoms with E-state index in [1.54, 1.807) is 23.5 Å².